The van der Waals surface area contributed by atoms with Gasteiger partial charge in [0.25, 0.3) is 5.82 Å². The van der Waals surface area contributed by atoms with Gasteiger partial charge in [-0.25, -0.2) is 4.98 Å². The molecule has 1 heterocycles. The number of hydrogen-bond acceptors (Lipinski definition) is 6. The molecule has 1 fully saturated rings. The fourth-order valence-corrected chi connectivity index (χ4v) is 2.85. The lowest BCUT2D eigenvalue weighted by atomic mass is 9.93. The van der Waals surface area contributed by atoms with Gasteiger partial charge in [0, 0.05) is 18.2 Å². The standard InChI is InChI=1S/C17H23N5O2/c1-24-14-8-4-11(5-9-14)20-16-15(18)10-19-17(22-16)21-12-2-6-13(23)7-3-12/h4-5,8-10,12-13,23H,2-3,6-7,18H2,1H3,(H2,19,20,21,22)/p+1. The Kier molecular flexibility index (Phi) is 5.12. The van der Waals surface area contributed by atoms with Crippen molar-refractivity contribution in [2.24, 2.45) is 0 Å². The van der Waals surface area contributed by atoms with Crippen LogP contribution >= 0.6 is 0 Å². The fourth-order valence-electron chi connectivity index (χ4n) is 2.85. The number of aliphatic hydroxyl groups is 1. The summed E-state index contributed by atoms with van der Waals surface area (Å²) >= 11 is 0. The summed E-state index contributed by atoms with van der Waals surface area (Å²) < 4.78 is 5.16. The summed E-state index contributed by atoms with van der Waals surface area (Å²) in [5.74, 6) is 2.07. The average Bonchev–Trinajstić information content (AvgIpc) is 2.60. The first-order chi connectivity index (χ1) is 11.6. The first kappa shape index (κ1) is 16.5. The van der Waals surface area contributed by atoms with E-state index in [2.05, 4.69) is 15.3 Å². The average molecular weight is 330 g/mol. The van der Waals surface area contributed by atoms with E-state index in [-0.39, 0.29) is 6.10 Å². The number of benzene rings is 1. The second-order valence-corrected chi connectivity index (χ2v) is 6.10. The van der Waals surface area contributed by atoms with Crippen molar-refractivity contribution in [3.8, 4) is 5.75 Å². The normalized spacial score (nSPS) is 20.6. The zero-order valence-electron chi connectivity index (χ0n) is 13.8. The van der Waals surface area contributed by atoms with Gasteiger partial charge in [0.15, 0.2) is 0 Å². The molecule has 1 aromatic heterocycles. The van der Waals surface area contributed by atoms with Crippen LogP contribution in [0.15, 0.2) is 30.5 Å². The van der Waals surface area contributed by atoms with Crippen LogP contribution in [0, 0.1) is 0 Å². The largest absolute Gasteiger partial charge is 0.497 e. The van der Waals surface area contributed by atoms with Crippen molar-refractivity contribution in [2.45, 2.75) is 37.8 Å². The van der Waals surface area contributed by atoms with Crippen LogP contribution in [0.1, 0.15) is 25.7 Å². The van der Waals surface area contributed by atoms with E-state index < -0.39 is 0 Å². The minimum absolute atomic E-state index is 0.172. The number of quaternary nitrogens is 1. The third-order valence-corrected chi connectivity index (χ3v) is 4.30. The summed E-state index contributed by atoms with van der Waals surface area (Å²) in [7, 11) is 1.64. The highest BCUT2D eigenvalue weighted by Gasteiger charge is 2.20. The summed E-state index contributed by atoms with van der Waals surface area (Å²) in [6.45, 7) is 0. The summed E-state index contributed by atoms with van der Waals surface area (Å²) in [5, 5.41) is 14.9. The van der Waals surface area contributed by atoms with Crippen LogP contribution in [0.4, 0.5) is 23.1 Å². The van der Waals surface area contributed by atoms with Gasteiger partial charge in [-0.05, 0) is 37.8 Å². The molecule has 0 radical (unpaired) electrons. The number of aromatic nitrogens is 2. The van der Waals surface area contributed by atoms with E-state index in [1.165, 1.54) is 0 Å². The maximum Gasteiger partial charge on any atom is 0.257 e. The maximum atomic E-state index is 9.59. The highest BCUT2D eigenvalue weighted by molar-refractivity contribution is 5.54. The van der Waals surface area contributed by atoms with E-state index >= 15 is 0 Å². The third kappa shape index (κ3) is 4.12. The monoisotopic (exact) mass is 330 g/mol. The zero-order chi connectivity index (χ0) is 16.9. The number of nitrogen functional groups attached to an aromatic ring is 1. The Balaban J connectivity index is 1.68. The molecule has 1 aliphatic rings. The van der Waals surface area contributed by atoms with Gasteiger partial charge in [0.2, 0.25) is 5.95 Å². The number of nitrogens with zero attached hydrogens (tertiary/aromatic N) is 2. The predicted octanol–water partition coefficient (Wildman–Crippen LogP) is 1.31. The molecule has 1 aliphatic carbocycles. The molecular weight excluding hydrogens is 306 g/mol. The zero-order valence-corrected chi connectivity index (χ0v) is 13.8. The SMILES string of the molecule is COc1ccc([NH2+]c2nc(NC3CCC(O)CC3)ncc2N)cc1. The van der Waals surface area contributed by atoms with E-state index in [0.29, 0.717) is 23.5 Å². The lowest BCUT2D eigenvalue weighted by Crippen LogP contribution is -2.71. The summed E-state index contributed by atoms with van der Waals surface area (Å²) in [4.78, 5) is 8.80. The summed E-state index contributed by atoms with van der Waals surface area (Å²) in [5.41, 5.74) is 7.53. The van der Waals surface area contributed by atoms with E-state index in [1.807, 2.05) is 29.6 Å². The molecule has 0 spiro atoms. The van der Waals surface area contributed by atoms with Gasteiger partial charge in [0.05, 0.1) is 19.4 Å². The molecule has 2 aromatic rings. The summed E-state index contributed by atoms with van der Waals surface area (Å²) in [6, 6.07) is 8.00. The molecular formula is C17H24N5O2+. The Hall–Kier alpha value is -2.38. The predicted molar refractivity (Wildman–Crippen MR) is 92.6 cm³/mol. The Morgan fingerprint density at radius 3 is 2.58 bits per heavy atom. The van der Waals surface area contributed by atoms with Crippen LogP contribution in [0.25, 0.3) is 0 Å². The number of methoxy groups -OCH3 is 1. The molecule has 1 saturated carbocycles. The van der Waals surface area contributed by atoms with Gasteiger partial charge in [-0.3, -0.25) is 5.32 Å². The smallest absolute Gasteiger partial charge is 0.257 e. The molecule has 0 saturated heterocycles. The third-order valence-electron chi connectivity index (χ3n) is 4.30. The molecule has 6 N–H and O–H groups in total. The van der Waals surface area contributed by atoms with Crippen molar-refractivity contribution >= 4 is 23.1 Å². The Morgan fingerprint density at radius 1 is 1.21 bits per heavy atom. The number of aliphatic hydroxyl groups excluding tert-OH is 1. The van der Waals surface area contributed by atoms with Gasteiger partial charge in [-0.1, -0.05) is 0 Å². The first-order valence-electron chi connectivity index (χ1n) is 8.20. The van der Waals surface area contributed by atoms with Gasteiger partial charge in [-0.2, -0.15) is 4.98 Å². The summed E-state index contributed by atoms with van der Waals surface area (Å²) in [6.07, 6.45) is 4.94. The molecule has 0 aliphatic heterocycles. The van der Waals surface area contributed by atoms with Crippen molar-refractivity contribution in [1.29, 1.82) is 0 Å². The van der Waals surface area contributed by atoms with Crippen molar-refractivity contribution < 1.29 is 15.2 Å². The van der Waals surface area contributed by atoms with Crippen LogP contribution < -0.4 is 21.1 Å². The lowest BCUT2D eigenvalue weighted by molar-refractivity contribution is -0.482. The van der Waals surface area contributed by atoms with Crippen molar-refractivity contribution in [1.82, 2.24) is 9.97 Å². The lowest BCUT2D eigenvalue weighted by Gasteiger charge is -2.26. The van der Waals surface area contributed by atoms with Crippen LogP contribution in [-0.4, -0.2) is 34.3 Å². The van der Waals surface area contributed by atoms with Crippen LogP contribution in [0.5, 0.6) is 5.75 Å². The highest BCUT2D eigenvalue weighted by Crippen LogP contribution is 2.22. The number of nitrogens with one attached hydrogen (secondary N) is 1. The molecule has 0 atom stereocenters. The molecule has 24 heavy (non-hydrogen) atoms. The van der Waals surface area contributed by atoms with Crippen LogP contribution in [0.3, 0.4) is 0 Å². The number of anilines is 2. The molecule has 0 unspecified atom stereocenters. The Bertz CT molecular complexity index is 669. The number of hydrogen-bond donors (Lipinski definition) is 4. The molecule has 128 valence electrons. The molecule has 3 rings (SSSR count). The van der Waals surface area contributed by atoms with Gasteiger partial charge >= 0.3 is 0 Å². The number of rotatable bonds is 5. The highest BCUT2D eigenvalue weighted by atomic mass is 16.5. The topological polar surface area (TPSA) is 110 Å². The number of nitrogens with two attached hydrogens (primary N) is 2. The molecule has 7 nitrogen and oxygen atoms in total. The quantitative estimate of drug-likeness (QED) is 0.615. The number of ether oxygens (including phenoxy) is 1. The van der Waals surface area contributed by atoms with E-state index in [9.17, 15) is 5.11 Å². The van der Waals surface area contributed by atoms with Crippen LogP contribution in [-0.2, 0) is 0 Å². The fraction of sp³-hybridized carbons (Fsp3) is 0.412. The van der Waals surface area contributed by atoms with Gasteiger partial charge < -0.3 is 20.9 Å². The maximum absolute atomic E-state index is 9.59. The van der Waals surface area contributed by atoms with Crippen molar-refractivity contribution in [3.63, 3.8) is 0 Å². The van der Waals surface area contributed by atoms with Crippen LogP contribution in [0.2, 0.25) is 0 Å². The minimum atomic E-state index is -0.172. The van der Waals surface area contributed by atoms with Gasteiger partial charge in [0.1, 0.15) is 17.1 Å². The van der Waals surface area contributed by atoms with E-state index in [4.69, 9.17) is 10.5 Å². The molecule has 1 aromatic carbocycles. The minimum Gasteiger partial charge on any atom is -0.497 e. The molecule has 0 bridgehead atoms. The second kappa shape index (κ2) is 7.46. The second-order valence-electron chi connectivity index (χ2n) is 6.10. The van der Waals surface area contributed by atoms with Crippen molar-refractivity contribution in [2.75, 3.05) is 18.2 Å². The molecule has 7 heteroatoms. The Morgan fingerprint density at radius 2 is 1.92 bits per heavy atom. The van der Waals surface area contributed by atoms with Crippen molar-refractivity contribution in [3.05, 3.63) is 30.5 Å². The molecule has 0 amide bonds. The van der Waals surface area contributed by atoms with Gasteiger partial charge in [-0.15, -0.1) is 0 Å². The van der Waals surface area contributed by atoms with E-state index in [1.54, 1.807) is 13.3 Å². The Labute approximate surface area is 141 Å². The van der Waals surface area contributed by atoms with E-state index in [0.717, 1.165) is 37.1 Å². The first-order valence-corrected chi connectivity index (χ1v) is 8.20.